The molecule has 1 unspecified atom stereocenters. The van der Waals surface area contributed by atoms with Crippen molar-refractivity contribution in [3.8, 4) is 11.5 Å². The Morgan fingerprint density at radius 2 is 1.61 bits per heavy atom. The number of aryl methyl sites for hydroxylation is 3. The molecule has 1 aliphatic heterocycles. The van der Waals surface area contributed by atoms with Gasteiger partial charge in [-0.2, -0.15) is 0 Å². The van der Waals surface area contributed by atoms with E-state index in [0.717, 1.165) is 22.3 Å². The number of hydrogen-bond acceptors (Lipinski definition) is 5. The molecule has 6 nitrogen and oxygen atoms in total. The van der Waals surface area contributed by atoms with Gasteiger partial charge in [0.1, 0.15) is 12.2 Å². The van der Waals surface area contributed by atoms with E-state index in [2.05, 4.69) is 0 Å². The number of carbonyl (C=O) groups excluding carboxylic acids is 1. The lowest BCUT2D eigenvalue weighted by molar-refractivity contribution is 0.0971. The number of carbonyl (C=O) groups is 1. The molecule has 0 radical (unpaired) electrons. The maximum Gasteiger partial charge on any atom is 0.295 e. The van der Waals surface area contributed by atoms with Gasteiger partial charge in [0.2, 0.25) is 5.76 Å². The molecule has 0 bridgehead atoms. The summed E-state index contributed by atoms with van der Waals surface area (Å²) in [6.07, 6.45) is 0. The van der Waals surface area contributed by atoms with Gasteiger partial charge in [-0.3, -0.25) is 14.5 Å². The molecular formula is C34H28ClNO5. The van der Waals surface area contributed by atoms with Crippen molar-refractivity contribution in [2.45, 2.75) is 33.4 Å². The molecule has 2 heterocycles. The summed E-state index contributed by atoms with van der Waals surface area (Å²) >= 11 is 6.49. The quantitative estimate of drug-likeness (QED) is 0.211. The first-order valence-corrected chi connectivity index (χ1v) is 13.7. The molecule has 0 aliphatic carbocycles. The molecule has 206 valence electrons. The van der Waals surface area contributed by atoms with Crippen LogP contribution in [0.4, 0.5) is 5.69 Å². The molecule has 0 spiro atoms. The summed E-state index contributed by atoms with van der Waals surface area (Å²) in [5, 5.41) is 0.950. The van der Waals surface area contributed by atoms with E-state index in [1.807, 2.05) is 81.4 Å². The van der Waals surface area contributed by atoms with Gasteiger partial charge in [-0.05, 0) is 85.0 Å². The summed E-state index contributed by atoms with van der Waals surface area (Å²) in [6, 6.07) is 23.6. The molecule has 0 N–H and O–H groups in total. The van der Waals surface area contributed by atoms with Crippen LogP contribution in [0.1, 0.15) is 50.0 Å². The molecule has 0 saturated heterocycles. The highest BCUT2D eigenvalue weighted by molar-refractivity contribution is 6.31. The lowest BCUT2D eigenvalue weighted by atomic mass is 9.96. The minimum atomic E-state index is -0.768. The summed E-state index contributed by atoms with van der Waals surface area (Å²) in [4.78, 5) is 29.6. The van der Waals surface area contributed by atoms with Crippen LogP contribution in [0.2, 0.25) is 5.02 Å². The number of anilines is 1. The molecular weight excluding hydrogens is 538 g/mol. The topological polar surface area (TPSA) is 69.0 Å². The second-order valence-electron chi connectivity index (χ2n) is 10.3. The molecule has 0 saturated carbocycles. The molecule has 7 heteroatoms. The van der Waals surface area contributed by atoms with E-state index in [1.165, 1.54) is 0 Å². The highest BCUT2D eigenvalue weighted by atomic mass is 35.5. The van der Waals surface area contributed by atoms with E-state index in [-0.39, 0.29) is 16.8 Å². The van der Waals surface area contributed by atoms with E-state index in [0.29, 0.717) is 45.3 Å². The van der Waals surface area contributed by atoms with Gasteiger partial charge < -0.3 is 13.9 Å². The van der Waals surface area contributed by atoms with Gasteiger partial charge in [-0.1, -0.05) is 54.1 Å². The first-order chi connectivity index (χ1) is 19.8. The van der Waals surface area contributed by atoms with Gasteiger partial charge in [0.05, 0.1) is 24.1 Å². The van der Waals surface area contributed by atoms with Crippen molar-refractivity contribution in [3.63, 3.8) is 0 Å². The zero-order valence-corrected chi connectivity index (χ0v) is 23.9. The Bertz CT molecular complexity index is 1880. The average molecular weight is 566 g/mol. The zero-order valence-electron chi connectivity index (χ0n) is 23.2. The fourth-order valence-corrected chi connectivity index (χ4v) is 5.42. The predicted octanol–water partition coefficient (Wildman–Crippen LogP) is 7.71. The SMILES string of the molecule is COc1cc(C2c3c(oc4cc(C)c(C)cc4c3=O)C(=O)N2c2ccc(C)c(Cl)c2)ccc1OCc1ccccc1. The predicted molar refractivity (Wildman–Crippen MR) is 161 cm³/mol. The molecule has 1 aliphatic rings. The van der Waals surface area contributed by atoms with Crippen molar-refractivity contribution in [2.24, 2.45) is 0 Å². The molecule has 1 aromatic heterocycles. The van der Waals surface area contributed by atoms with Crippen molar-refractivity contribution >= 4 is 34.2 Å². The number of ether oxygens (including phenoxy) is 2. The van der Waals surface area contributed by atoms with Gasteiger partial charge in [-0.15, -0.1) is 0 Å². The number of fused-ring (bicyclic) bond motifs is 2. The first kappa shape index (κ1) is 26.7. The summed E-state index contributed by atoms with van der Waals surface area (Å²) in [7, 11) is 1.56. The van der Waals surface area contributed by atoms with Crippen LogP contribution in [0.25, 0.3) is 11.0 Å². The molecule has 1 amide bonds. The standard InChI is InChI=1S/C34H28ClNO5/c1-19-10-12-24(17-26(19)35)36-31(23-11-13-27(29(16-23)39-4)40-18-22-8-6-5-7-9-22)30-32(37)25-14-20(2)21(3)15-28(25)41-33(30)34(36)38/h5-17,31H,18H2,1-4H3. The Morgan fingerprint density at radius 3 is 2.34 bits per heavy atom. The van der Waals surface area contributed by atoms with Gasteiger partial charge in [-0.25, -0.2) is 0 Å². The number of benzene rings is 4. The number of hydrogen-bond donors (Lipinski definition) is 0. The summed E-state index contributed by atoms with van der Waals surface area (Å²) in [6.45, 7) is 6.15. The number of halogens is 1. The first-order valence-electron chi connectivity index (χ1n) is 13.3. The monoisotopic (exact) mass is 565 g/mol. The van der Waals surface area contributed by atoms with E-state index in [1.54, 1.807) is 30.2 Å². The van der Waals surface area contributed by atoms with Crippen LogP contribution in [0.3, 0.4) is 0 Å². The molecule has 4 aromatic carbocycles. The van der Waals surface area contributed by atoms with Crippen LogP contribution in [-0.2, 0) is 6.61 Å². The Morgan fingerprint density at radius 1 is 0.854 bits per heavy atom. The van der Waals surface area contributed by atoms with Crippen LogP contribution < -0.4 is 19.8 Å². The summed E-state index contributed by atoms with van der Waals surface area (Å²) in [5.41, 5.74) is 5.49. The van der Waals surface area contributed by atoms with Crippen LogP contribution >= 0.6 is 11.6 Å². The highest BCUT2D eigenvalue weighted by Gasteiger charge is 2.44. The average Bonchev–Trinajstić information content (AvgIpc) is 3.27. The summed E-state index contributed by atoms with van der Waals surface area (Å²) < 4.78 is 17.9. The highest BCUT2D eigenvalue weighted by Crippen LogP contribution is 2.44. The van der Waals surface area contributed by atoms with Crippen LogP contribution in [0.5, 0.6) is 11.5 Å². The van der Waals surface area contributed by atoms with Gasteiger partial charge in [0, 0.05) is 10.7 Å². The van der Waals surface area contributed by atoms with Gasteiger partial charge >= 0.3 is 0 Å². The number of nitrogens with zero attached hydrogens (tertiary/aromatic N) is 1. The van der Waals surface area contributed by atoms with Crippen molar-refractivity contribution < 1.29 is 18.7 Å². The van der Waals surface area contributed by atoms with E-state index in [4.69, 9.17) is 25.5 Å². The minimum absolute atomic E-state index is 0.0239. The maximum atomic E-state index is 14.1. The maximum absolute atomic E-state index is 14.1. The molecule has 1 atom stereocenters. The second-order valence-corrected chi connectivity index (χ2v) is 10.7. The molecule has 6 rings (SSSR count). The van der Waals surface area contributed by atoms with Crippen LogP contribution in [-0.4, -0.2) is 13.0 Å². The van der Waals surface area contributed by atoms with Crippen molar-refractivity contribution in [1.82, 2.24) is 0 Å². The lowest BCUT2D eigenvalue weighted by Gasteiger charge is -2.26. The second kappa shape index (κ2) is 10.5. The van der Waals surface area contributed by atoms with Crippen molar-refractivity contribution in [1.29, 1.82) is 0 Å². The third-order valence-corrected chi connectivity index (χ3v) is 8.07. The fourth-order valence-electron chi connectivity index (χ4n) is 5.25. The van der Waals surface area contributed by atoms with Gasteiger partial charge in [0.25, 0.3) is 5.91 Å². The molecule has 5 aromatic rings. The number of rotatable bonds is 6. The third kappa shape index (κ3) is 4.64. The van der Waals surface area contributed by atoms with E-state index < -0.39 is 11.9 Å². The zero-order chi connectivity index (χ0) is 28.8. The smallest absolute Gasteiger partial charge is 0.295 e. The minimum Gasteiger partial charge on any atom is -0.493 e. The van der Waals surface area contributed by atoms with Crippen LogP contribution in [0, 0.1) is 20.8 Å². The van der Waals surface area contributed by atoms with Crippen LogP contribution in [0.15, 0.2) is 88.1 Å². The Hall–Kier alpha value is -4.55. The third-order valence-electron chi connectivity index (χ3n) is 7.66. The summed E-state index contributed by atoms with van der Waals surface area (Å²) in [5.74, 6) is 0.644. The Balaban J connectivity index is 1.52. The van der Waals surface area contributed by atoms with Crippen molar-refractivity contribution in [3.05, 3.63) is 133 Å². The van der Waals surface area contributed by atoms with E-state index >= 15 is 0 Å². The largest absolute Gasteiger partial charge is 0.493 e. The molecule has 41 heavy (non-hydrogen) atoms. The Labute approximate surface area is 242 Å². The number of amides is 1. The number of methoxy groups -OCH3 is 1. The Kier molecular flexibility index (Phi) is 6.80. The molecule has 0 fully saturated rings. The van der Waals surface area contributed by atoms with Gasteiger partial charge in [0.15, 0.2) is 16.9 Å². The normalized spacial score (nSPS) is 14.4. The fraction of sp³-hybridized carbons (Fsp3) is 0.176. The van der Waals surface area contributed by atoms with E-state index in [9.17, 15) is 9.59 Å². The van der Waals surface area contributed by atoms with Crippen molar-refractivity contribution in [2.75, 3.05) is 12.0 Å². The lowest BCUT2D eigenvalue weighted by Crippen LogP contribution is -2.29.